The van der Waals surface area contributed by atoms with Crippen molar-refractivity contribution in [1.82, 2.24) is 4.98 Å². The van der Waals surface area contributed by atoms with Gasteiger partial charge in [0.1, 0.15) is 5.78 Å². The summed E-state index contributed by atoms with van der Waals surface area (Å²) in [6.07, 6.45) is 8.57. The third-order valence-electron chi connectivity index (χ3n) is 3.38. The summed E-state index contributed by atoms with van der Waals surface area (Å²) in [6, 6.07) is 3.43. The van der Waals surface area contributed by atoms with Crippen LogP contribution in [-0.4, -0.2) is 16.6 Å². The first-order chi connectivity index (χ1) is 8.27. The highest BCUT2D eigenvalue weighted by Gasteiger charge is 2.23. The highest BCUT2D eigenvalue weighted by Crippen LogP contribution is 2.25. The molecule has 0 N–H and O–H groups in total. The molecule has 0 saturated heterocycles. The van der Waals surface area contributed by atoms with E-state index in [0.29, 0.717) is 5.56 Å². The van der Waals surface area contributed by atoms with Crippen LogP contribution in [0.3, 0.4) is 0 Å². The van der Waals surface area contributed by atoms with Gasteiger partial charge in [0.15, 0.2) is 5.78 Å². The van der Waals surface area contributed by atoms with E-state index in [4.69, 9.17) is 0 Å². The quantitative estimate of drug-likeness (QED) is 0.591. The summed E-state index contributed by atoms with van der Waals surface area (Å²) < 4.78 is 0. The van der Waals surface area contributed by atoms with Gasteiger partial charge in [0, 0.05) is 23.9 Å². The first-order valence-electron chi connectivity index (χ1n) is 6.23. The third-order valence-corrected chi connectivity index (χ3v) is 3.38. The minimum atomic E-state index is -0.103. The number of carbonyl (C=O) groups is 2. The SMILES string of the molecule is O=C(CC(=O)C1CCCCC1)c1cccnc1. The van der Waals surface area contributed by atoms with Gasteiger partial charge in [-0.05, 0) is 25.0 Å². The highest BCUT2D eigenvalue weighted by molar-refractivity contribution is 6.08. The number of nitrogens with zero attached hydrogens (tertiary/aromatic N) is 1. The minimum Gasteiger partial charge on any atom is -0.299 e. The van der Waals surface area contributed by atoms with Crippen LogP contribution in [0.25, 0.3) is 0 Å². The van der Waals surface area contributed by atoms with Crippen LogP contribution in [0.2, 0.25) is 0 Å². The van der Waals surface area contributed by atoms with E-state index in [0.717, 1.165) is 25.7 Å². The Kier molecular flexibility index (Phi) is 4.02. The van der Waals surface area contributed by atoms with Gasteiger partial charge in [0.25, 0.3) is 0 Å². The Morgan fingerprint density at radius 2 is 2.00 bits per heavy atom. The van der Waals surface area contributed by atoms with Gasteiger partial charge >= 0.3 is 0 Å². The van der Waals surface area contributed by atoms with Crippen LogP contribution in [0.1, 0.15) is 48.9 Å². The molecule has 0 bridgehead atoms. The van der Waals surface area contributed by atoms with Crippen molar-refractivity contribution >= 4 is 11.6 Å². The summed E-state index contributed by atoms with van der Waals surface area (Å²) in [5.74, 6) is 0.122. The topological polar surface area (TPSA) is 47.0 Å². The van der Waals surface area contributed by atoms with E-state index in [1.807, 2.05) is 0 Å². The van der Waals surface area contributed by atoms with Gasteiger partial charge in [0.05, 0.1) is 6.42 Å². The molecule has 0 unspecified atom stereocenters. The number of ketones is 2. The molecule has 2 rings (SSSR count). The highest BCUT2D eigenvalue weighted by atomic mass is 16.1. The molecule has 17 heavy (non-hydrogen) atoms. The second-order valence-corrected chi connectivity index (χ2v) is 4.64. The van der Waals surface area contributed by atoms with Crippen molar-refractivity contribution in [3.63, 3.8) is 0 Å². The van der Waals surface area contributed by atoms with Gasteiger partial charge in [0.2, 0.25) is 0 Å². The average molecular weight is 231 g/mol. The number of hydrogen-bond donors (Lipinski definition) is 0. The molecule has 90 valence electrons. The maximum atomic E-state index is 11.9. The zero-order valence-electron chi connectivity index (χ0n) is 9.89. The van der Waals surface area contributed by atoms with Crippen molar-refractivity contribution in [2.45, 2.75) is 38.5 Å². The van der Waals surface area contributed by atoms with Gasteiger partial charge in [-0.3, -0.25) is 14.6 Å². The molecule has 0 spiro atoms. The predicted octanol–water partition coefficient (Wildman–Crippen LogP) is 2.80. The van der Waals surface area contributed by atoms with E-state index in [9.17, 15) is 9.59 Å². The third kappa shape index (κ3) is 3.22. The fourth-order valence-corrected chi connectivity index (χ4v) is 2.36. The van der Waals surface area contributed by atoms with Crippen molar-refractivity contribution in [1.29, 1.82) is 0 Å². The number of hydrogen-bond acceptors (Lipinski definition) is 3. The van der Waals surface area contributed by atoms with Gasteiger partial charge in [-0.1, -0.05) is 19.3 Å². The van der Waals surface area contributed by atoms with E-state index in [-0.39, 0.29) is 23.9 Å². The lowest BCUT2D eigenvalue weighted by Gasteiger charge is -2.19. The van der Waals surface area contributed by atoms with Crippen LogP contribution in [0.4, 0.5) is 0 Å². The molecule has 0 amide bonds. The molecule has 0 atom stereocenters. The van der Waals surface area contributed by atoms with Crippen LogP contribution < -0.4 is 0 Å². The Hall–Kier alpha value is -1.51. The average Bonchev–Trinajstić information content (AvgIpc) is 2.40. The maximum Gasteiger partial charge on any atom is 0.171 e. The lowest BCUT2D eigenvalue weighted by atomic mass is 9.84. The Balaban J connectivity index is 1.92. The normalized spacial score (nSPS) is 16.7. The summed E-state index contributed by atoms with van der Waals surface area (Å²) in [4.78, 5) is 27.7. The first-order valence-corrected chi connectivity index (χ1v) is 6.23. The molecule has 3 heteroatoms. The lowest BCUT2D eigenvalue weighted by Crippen LogP contribution is -2.20. The largest absolute Gasteiger partial charge is 0.299 e. The van der Waals surface area contributed by atoms with Crippen LogP contribution in [0.15, 0.2) is 24.5 Å². The first kappa shape index (κ1) is 12.0. The molecule has 1 aromatic rings. The number of pyridine rings is 1. The lowest BCUT2D eigenvalue weighted by molar-refractivity contribution is -0.122. The standard InChI is InChI=1S/C14H17NO2/c16-13(11-5-2-1-3-6-11)9-14(17)12-7-4-8-15-10-12/h4,7-8,10-11H,1-3,5-6,9H2. The monoisotopic (exact) mass is 231 g/mol. The van der Waals surface area contributed by atoms with Crippen molar-refractivity contribution in [3.8, 4) is 0 Å². The number of carbonyl (C=O) groups excluding carboxylic acids is 2. The Morgan fingerprint density at radius 3 is 2.65 bits per heavy atom. The van der Waals surface area contributed by atoms with Gasteiger partial charge in [-0.15, -0.1) is 0 Å². The molecule has 3 nitrogen and oxygen atoms in total. The van der Waals surface area contributed by atoms with Crippen LogP contribution in [-0.2, 0) is 4.79 Å². The molecule has 1 aliphatic carbocycles. The van der Waals surface area contributed by atoms with Gasteiger partial charge in [-0.2, -0.15) is 0 Å². The molecular weight excluding hydrogens is 214 g/mol. The van der Waals surface area contributed by atoms with E-state index in [1.165, 1.54) is 12.6 Å². The van der Waals surface area contributed by atoms with Crippen LogP contribution in [0.5, 0.6) is 0 Å². The molecule has 1 aliphatic rings. The molecular formula is C14H17NO2. The van der Waals surface area contributed by atoms with Crippen LogP contribution >= 0.6 is 0 Å². The summed E-state index contributed by atoms with van der Waals surface area (Å²) in [5.41, 5.74) is 0.539. The summed E-state index contributed by atoms with van der Waals surface area (Å²) in [7, 11) is 0. The molecule has 1 fully saturated rings. The molecule has 0 aromatic carbocycles. The van der Waals surface area contributed by atoms with Crippen molar-refractivity contribution in [3.05, 3.63) is 30.1 Å². The molecule has 0 radical (unpaired) electrons. The molecule has 0 aliphatic heterocycles. The second kappa shape index (κ2) is 5.71. The Labute approximate surface area is 101 Å². The molecule has 1 heterocycles. The van der Waals surface area contributed by atoms with Crippen LogP contribution in [0, 0.1) is 5.92 Å². The fourth-order valence-electron chi connectivity index (χ4n) is 2.36. The van der Waals surface area contributed by atoms with Crippen molar-refractivity contribution in [2.24, 2.45) is 5.92 Å². The van der Waals surface area contributed by atoms with Crippen molar-refractivity contribution < 1.29 is 9.59 Å². The fraction of sp³-hybridized carbons (Fsp3) is 0.500. The van der Waals surface area contributed by atoms with E-state index in [2.05, 4.69) is 4.98 Å². The second-order valence-electron chi connectivity index (χ2n) is 4.64. The minimum absolute atomic E-state index is 0.0381. The smallest absolute Gasteiger partial charge is 0.171 e. The summed E-state index contributed by atoms with van der Waals surface area (Å²) in [5, 5.41) is 0. The summed E-state index contributed by atoms with van der Waals surface area (Å²) >= 11 is 0. The predicted molar refractivity (Wildman–Crippen MR) is 64.8 cm³/mol. The number of Topliss-reactive ketones (excluding diaryl/α,β-unsaturated/α-hetero) is 2. The Morgan fingerprint density at radius 1 is 1.24 bits per heavy atom. The maximum absolute atomic E-state index is 11.9. The van der Waals surface area contributed by atoms with E-state index in [1.54, 1.807) is 18.3 Å². The van der Waals surface area contributed by atoms with E-state index < -0.39 is 0 Å². The zero-order chi connectivity index (χ0) is 12.1. The van der Waals surface area contributed by atoms with Gasteiger partial charge < -0.3 is 0 Å². The zero-order valence-corrected chi connectivity index (χ0v) is 9.89. The molecule has 1 aromatic heterocycles. The van der Waals surface area contributed by atoms with E-state index >= 15 is 0 Å². The van der Waals surface area contributed by atoms with Crippen molar-refractivity contribution in [2.75, 3.05) is 0 Å². The Bertz CT molecular complexity index is 394. The number of rotatable bonds is 4. The summed E-state index contributed by atoms with van der Waals surface area (Å²) in [6.45, 7) is 0. The number of aromatic nitrogens is 1. The molecule has 1 saturated carbocycles. The van der Waals surface area contributed by atoms with Gasteiger partial charge in [-0.25, -0.2) is 0 Å².